The number of nitrogens with one attached hydrogen (secondary N) is 1. The standard InChI is InChI=1S/C20H24N4O4/c1-14-13-15(2)24(20(27)22-14)8-7-21-18(25)16-3-5-17(6-4-16)19(26)23-9-11-28-12-10-23/h3-6,13H,7-12H2,1-2H3,(H,21,25). The van der Waals surface area contributed by atoms with Gasteiger partial charge in [-0.3, -0.25) is 14.2 Å². The summed E-state index contributed by atoms with van der Waals surface area (Å²) in [5.41, 5.74) is 2.17. The van der Waals surface area contributed by atoms with Crippen LogP contribution in [0, 0.1) is 13.8 Å². The number of benzene rings is 1. The van der Waals surface area contributed by atoms with Gasteiger partial charge in [0, 0.05) is 48.7 Å². The molecular formula is C20H24N4O4. The van der Waals surface area contributed by atoms with Gasteiger partial charge in [-0.1, -0.05) is 0 Å². The zero-order valence-corrected chi connectivity index (χ0v) is 16.1. The minimum absolute atomic E-state index is 0.0584. The molecule has 2 aromatic rings. The highest BCUT2D eigenvalue weighted by Gasteiger charge is 2.18. The number of aryl methyl sites for hydroxylation is 2. The van der Waals surface area contributed by atoms with Crippen molar-refractivity contribution in [1.82, 2.24) is 19.8 Å². The fourth-order valence-corrected chi connectivity index (χ4v) is 3.14. The van der Waals surface area contributed by atoms with Gasteiger partial charge in [-0.25, -0.2) is 4.79 Å². The number of carbonyl (C=O) groups is 2. The maximum atomic E-state index is 12.4. The third-order valence-corrected chi connectivity index (χ3v) is 4.66. The van der Waals surface area contributed by atoms with Gasteiger partial charge in [0.25, 0.3) is 11.8 Å². The van der Waals surface area contributed by atoms with Gasteiger partial charge in [0.1, 0.15) is 0 Å². The highest BCUT2D eigenvalue weighted by atomic mass is 16.5. The van der Waals surface area contributed by atoms with Crippen molar-refractivity contribution in [1.29, 1.82) is 0 Å². The minimum Gasteiger partial charge on any atom is -0.378 e. The Bertz CT molecular complexity index is 915. The molecule has 1 aliphatic rings. The molecule has 0 unspecified atom stereocenters. The SMILES string of the molecule is Cc1cc(C)n(CCNC(=O)c2ccc(C(=O)N3CCOCC3)cc2)c(=O)n1. The molecule has 8 heteroatoms. The average molecular weight is 384 g/mol. The molecule has 8 nitrogen and oxygen atoms in total. The van der Waals surface area contributed by atoms with E-state index in [1.807, 2.05) is 13.0 Å². The summed E-state index contributed by atoms with van der Waals surface area (Å²) >= 11 is 0. The number of morpholine rings is 1. The Kier molecular flexibility index (Phi) is 6.20. The lowest BCUT2D eigenvalue weighted by Gasteiger charge is -2.26. The first kappa shape index (κ1) is 19.8. The van der Waals surface area contributed by atoms with Crippen molar-refractivity contribution in [3.05, 3.63) is 63.3 Å². The maximum Gasteiger partial charge on any atom is 0.348 e. The van der Waals surface area contributed by atoms with E-state index in [4.69, 9.17) is 4.74 Å². The van der Waals surface area contributed by atoms with Crippen LogP contribution in [-0.2, 0) is 11.3 Å². The van der Waals surface area contributed by atoms with Crippen LogP contribution in [0.25, 0.3) is 0 Å². The number of hydrogen-bond donors (Lipinski definition) is 1. The first-order chi connectivity index (χ1) is 13.5. The van der Waals surface area contributed by atoms with Gasteiger partial charge in [0.15, 0.2) is 0 Å². The molecule has 0 saturated carbocycles. The Morgan fingerprint density at radius 1 is 1.11 bits per heavy atom. The molecule has 28 heavy (non-hydrogen) atoms. The van der Waals surface area contributed by atoms with Gasteiger partial charge in [0.2, 0.25) is 0 Å². The van der Waals surface area contributed by atoms with Gasteiger partial charge in [0.05, 0.1) is 13.2 Å². The number of ether oxygens (including phenoxy) is 1. The molecular weight excluding hydrogens is 360 g/mol. The second kappa shape index (κ2) is 8.79. The number of hydrogen-bond acceptors (Lipinski definition) is 5. The first-order valence-electron chi connectivity index (χ1n) is 9.26. The molecule has 0 radical (unpaired) electrons. The molecule has 2 amide bonds. The molecule has 1 aromatic carbocycles. The van der Waals surface area contributed by atoms with Crippen molar-refractivity contribution in [2.45, 2.75) is 20.4 Å². The van der Waals surface area contributed by atoms with Crippen molar-refractivity contribution in [2.75, 3.05) is 32.8 Å². The van der Waals surface area contributed by atoms with Crippen LogP contribution in [0.2, 0.25) is 0 Å². The number of rotatable bonds is 5. The summed E-state index contributed by atoms with van der Waals surface area (Å²) in [5, 5.41) is 2.79. The van der Waals surface area contributed by atoms with Crippen molar-refractivity contribution < 1.29 is 14.3 Å². The van der Waals surface area contributed by atoms with Crippen LogP contribution in [0.3, 0.4) is 0 Å². The number of amides is 2. The smallest absolute Gasteiger partial charge is 0.348 e. The van der Waals surface area contributed by atoms with Crippen LogP contribution in [0.1, 0.15) is 32.1 Å². The first-order valence-corrected chi connectivity index (χ1v) is 9.26. The van der Waals surface area contributed by atoms with E-state index in [-0.39, 0.29) is 17.5 Å². The summed E-state index contributed by atoms with van der Waals surface area (Å²) in [4.78, 5) is 42.3. The van der Waals surface area contributed by atoms with Gasteiger partial charge in [-0.15, -0.1) is 0 Å². The zero-order chi connectivity index (χ0) is 20.1. The lowest BCUT2D eigenvalue weighted by Crippen LogP contribution is -2.40. The molecule has 0 spiro atoms. The van der Waals surface area contributed by atoms with Crippen molar-refractivity contribution >= 4 is 11.8 Å². The second-order valence-corrected chi connectivity index (χ2v) is 6.71. The molecule has 0 atom stereocenters. The number of carbonyl (C=O) groups excluding carboxylic acids is 2. The zero-order valence-electron chi connectivity index (χ0n) is 16.1. The van der Waals surface area contributed by atoms with Crippen LogP contribution in [0.4, 0.5) is 0 Å². The summed E-state index contributed by atoms with van der Waals surface area (Å²) in [7, 11) is 0. The third-order valence-electron chi connectivity index (χ3n) is 4.66. The normalized spacial score (nSPS) is 14.0. The van der Waals surface area contributed by atoms with E-state index in [0.29, 0.717) is 56.2 Å². The molecule has 1 saturated heterocycles. The van der Waals surface area contributed by atoms with Crippen LogP contribution >= 0.6 is 0 Å². The quantitative estimate of drug-likeness (QED) is 0.822. The van der Waals surface area contributed by atoms with Crippen molar-refractivity contribution in [3.8, 4) is 0 Å². The van der Waals surface area contributed by atoms with Crippen LogP contribution in [0.5, 0.6) is 0 Å². The Hall–Kier alpha value is -3.00. The fourth-order valence-electron chi connectivity index (χ4n) is 3.14. The third kappa shape index (κ3) is 4.64. The minimum atomic E-state index is -0.322. The summed E-state index contributed by atoms with van der Waals surface area (Å²) in [6.45, 7) is 6.50. The lowest BCUT2D eigenvalue weighted by atomic mass is 10.1. The summed E-state index contributed by atoms with van der Waals surface area (Å²) < 4.78 is 6.78. The number of nitrogens with zero attached hydrogens (tertiary/aromatic N) is 3. The predicted molar refractivity (Wildman–Crippen MR) is 103 cm³/mol. The van der Waals surface area contributed by atoms with Gasteiger partial charge in [-0.05, 0) is 44.2 Å². The topological polar surface area (TPSA) is 93.5 Å². The van der Waals surface area contributed by atoms with Crippen molar-refractivity contribution in [3.63, 3.8) is 0 Å². The molecule has 1 fully saturated rings. The summed E-state index contributed by atoms with van der Waals surface area (Å²) in [6, 6.07) is 8.41. The van der Waals surface area contributed by atoms with E-state index in [9.17, 15) is 14.4 Å². The Labute approximate surface area is 163 Å². The van der Waals surface area contributed by atoms with Crippen molar-refractivity contribution in [2.24, 2.45) is 0 Å². The Morgan fingerprint density at radius 3 is 2.39 bits per heavy atom. The van der Waals surface area contributed by atoms with Gasteiger partial charge < -0.3 is 15.0 Å². The van der Waals surface area contributed by atoms with Crippen LogP contribution in [-0.4, -0.2) is 59.1 Å². The molecule has 0 aliphatic carbocycles. The maximum absolute atomic E-state index is 12.4. The molecule has 0 bridgehead atoms. The van der Waals surface area contributed by atoms with Gasteiger partial charge >= 0.3 is 5.69 Å². The van der Waals surface area contributed by atoms with E-state index in [1.165, 1.54) is 4.57 Å². The molecule has 1 aliphatic heterocycles. The molecule has 1 aromatic heterocycles. The molecule has 1 N–H and O–H groups in total. The highest BCUT2D eigenvalue weighted by Crippen LogP contribution is 2.09. The second-order valence-electron chi connectivity index (χ2n) is 6.71. The molecule has 2 heterocycles. The molecule has 3 rings (SSSR count). The monoisotopic (exact) mass is 384 g/mol. The average Bonchev–Trinajstić information content (AvgIpc) is 2.70. The van der Waals surface area contributed by atoms with Gasteiger partial charge in [-0.2, -0.15) is 4.98 Å². The van der Waals surface area contributed by atoms with E-state index >= 15 is 0 Å². The Morgan fingerprint density at radius 2 is 1.75 bits per heavy atom. The molecule has 148 valence electrons. The fraction of sp³-hybridized carbons (Fsp3) is 0.400. The van der Waals surface area contributed by atoms with E-state index < -0.39 is 0 Å². The highest BCUT2D eigenvalue weighted by molar-refractivity contribution is 5.97. The summed E-state index contributed by atoms with van der Waals surface area (Å²) in [6.07, 6.45) is 0. The van der Waals surface area contributed by atoms with E-state index in [2.05, 4.69) is 10.3 Å². The Balaban J connectivity index is 1.56. The van der Waals surface area contributed by atoms with Crippen LogP contribution in [0.15, 0.2) is 35.1 Å². The van der Waals surface area contributed by atoms with E-state index in [1.54, 1.807) is 36.1 Å². The summed E-state index contributed by atoms with van der Waals surface area (Å²) in [5.74, 6) is -0.312. The van der Waals surface area contributed by atoms with Crippen LogP contribution < -0.4 is 11.0 Å². The number of aromatic nitrogens is 2. The lowest BCUT2D eigenvalue weighted by molar-refractivity contribution is 0.0303. The predicted octanol–water partition coefficient (Wildman–Crippen LogP) is 0.763. The van der Waals surface area contributed by atoms with E-state index in [0.717, 1.165) is 5.69 Å². The largest absolute Gasteiger partial charge is 0.378 e.